The summed E-state index contributed by atoms with van der Waals surface area (Å²) in [5.41, 5.74) is 1.90. The lowest BCUT2D eigenvalue weighted by Gasteiger charge is -2.33. The number of hydrogen-bond donors (Lipinski definition) is 2. The number of methoxy groups -OCH3 is 1. The second-order valence-electron chi connectivity index (χ2n) is 7.14. The molecule has 0 radical (unpaired) electrons. The van der Waals surface area contributed by atoms with Gasteiger partial charge in [-0.3, -0.25) is 4.79 Å². The van der Waals surface area contributed by atoms with Gasteiger partial charge in [-0.1, -0.05) is 12.2 Å². The number of Topliss-reactive ketones (excluding diaryl/α,β-unsaturated/α-hetero) is 1. The van der Waals surface area contributed by atoms with Crippen molar-refractivity contribution in [2.24, 2.45) is 11.3 Å². The van der Waals surface area contributed by atoms with E-state index in [4.69, 9.17) is 9.84 Å². The van der Waals surface area contributed by atoms with E-state index < -0.39 is 6.10 Å². The van der Waals surface area contributed by atoms with Gasteiger partial charge in [0.1, 0.15) is 11.4 Å². The molecule has 1 aromatic heterocycles. The summed E-state index contributed by atoms with van der Waals surface area (Å²) in [6.07, 6.45) is 10.7. The van der Waals surface area contributed by atoms with Gasteiger partial charge >= 0.3 is 0 Å². The molecule has 1 atom stereocenters. The summed E-state index contributed by atoms with van der Waals surface area (Å²) in [4.78, 5) is 16.4. The largest absolute Gasteiger partial charge is 0.495 e. The minimum atomic E-state index is -0.861. The highest BCUT2D eigenvalue weighted by atomic mass is 16.5. The van der Waals surface area contributed by atoms with E-state index in [1.54, 1.807) is 19.4 Å². The third-order valence-corrected chi connectivity index (χ3v) is 5.21. The van der Waals surface area contributed by atoms with Crippen LogP contribution in [0, 0.1) is 11.3 Å². The molecular formula is C19H25NO4. The topological polar surface area (TPSA) is 79.7 Å². The molecule has 2 aliphatic rings. The van der Waals surface area contributed by atoms with Crippen molar-refractivity contribution in [3.63, 3.8) is 0 Å². The highest BCUT2D eigenvalue weighted by molar-refractivity contribution is 5.94. The minimum Gasteiger partial charge on any atom is -0.495 e. The average molecular weight is 331 g/mol. The highest BCUT2D eigenvalue weighted by Crippen LogP contribution is 2.63. The zero-order valence-electron chi connectivity index (χ0n) is 14.1. The van der Waals surface area contributed by atoms with Crippen molar-refractivity contribution in [3.8, 4) is 5.75 Å². The van der Waals surface area contributed by atoms with Crippen LogP contribution in [-0.2, 0) is 0 Å². The summed E-state index contributed by atoms with van der Waals surface area (Å²) in [5, 5.41) is 18.2. The first-order valence-electron chi connectivity index (χ1n) is 8.59. The van der Waals surface area contributed by atoms with Gasteiger partial charge in [-0.05, 0) is 49.5 Å². The Morgan fingerprint density at radius 3 is 2.88 bits per heavy atom. The van der Waals surface area contributed by atoms with E-state index in [9.17, 15) is 9.90 Å². The van der Waals surface area contributed by atoms with E-state index in [0.29, 0.717) is 22.8 Å². The van der Waals surface area contributed by atoms with Crippen molar-refractivity contribution in [1.82, 2.24) is 4.98 Å². The number of carbonyl (C=O) groups excluding carboxylic acids is 1. The number of carbonyl (C=O) groups is 1. The van der Waals surface area contributed by atoms with Crippen LogP contribution in [0.1, 0.15) is 54.6 Å². The SMILES string of the molecule is COc1cnc(C(=O)CCC(O)CO)cc1/C=C/C1CC2(CC2)C1. The fourth-order valence-electron chi connectivity index (χ4n) is 3.44. The zero-order valence-corrected chi connectivity index (χ0v) is 14.1. The average Bonchev–Trinajstić information content (AvgIpc) is 3.37. The zero-order chi connectivity index (χ0) is 17.2. The van der Waals surface area contributed by atoms with Crippen molar-refractivity contribution in [3.05, 3.63) is 29.6 Å². The lowest BCUT2D eigenvalue weighted by Crippen LogP contribution is -2.22. The molecule has 24 heavy (non-hydrogen) atoms. The minimum absolute atomic E-state index is 0.139. The Bertz CT molecular complexity index is 628. The smallest absolute Gasteiger partial charge is 0.181 e. The Balaban J connectivity index is 1.65. The molecule has 2 fully saturated rings. The van der Waals surface area contributed by atoms with Crippen LogP contribution in [0.3, 0.4) is 0 Å². The number of ether oxygens (including phenoxy) is 1. The van der Waals surface area contributed by atoms with E-state index in [1.807, 2.05) is 6.08 Å². The van der Waals surface area contributed by atoms with Gasteiger partial charge in [0.05, 0.1) is 26.0 Å². The van der Waals surface area contributed by atoms with Crippen molar-refractivity contribution < 1.29 is 19.7 Å². The monoisotopic (exact) mass is 331 g/mol. The lowest BCUT2D eigenvalue weighted by atomic mass is 9.72. The molecule has 2 N–H and O–H groups in total. The van der Waals surface area contributed by atoms with E-state index in [1.165, 1.54) is 25.7 Å². The van der Waals surface area contributed by atoms with Gasteiger partial charge in [0.2, 0.25) is 0 Å². The van der Waals surface area contributed by atoms with Gasteiger partial charge in [0.25, 0.3) is 0 Å². The molecule has 0 amide bonds. The molecule has 1 unspecified atom stereocenters. The summed E-state index contributed by atoms with van der Waals surface area (Å²) in [7, 11) is 1.59. The highest BCUT2D eigenvalue weighted by Gasteiger charge is 2.51. The second-order valence-corrected chi connectivity index (χ2v) is 7.14. The van der Waals surface area contributed by atoms with Crippen LogP contribution in [-0.4, -0.2) is 40.8 Å². The Morgan fingerprint density at radius 2 is 2.25 bits per heavy atom. The van der Waals surface area contributed by atoms with Gasteiger partial charge < -0.3 is 14.9 Å². The number of aromatic nitrogens is 1. The predicted molar refractivity (Wildman–Crippen MR) is 90.9 cm³/mol. The number of aliphatic hydroxyl groups is 2. The number of pyridine rings is 1. The van der Waals surface area contributed by atoms with Crippen molar-refractivity contribution in [2.75, 3.05) is 13.7 Å². The van der Waals surface area contributed by atoms with Crippen LogP contribution in [0.4, 0.5) is 0 Å². The van der Waals surface area contributed by atoms with Crippen LogP contribution >= 0.6 is 0 Å². The van der Waals surface area contributed by atoms with Crippen LogP contribution in [0.15, 0.2) is 18.3 Å². The van der Waals surface area contributed by atoms with E-state index >= 15 is 0 Å². The van der Waals surface area contributed by atoms with E-state index in [-0.39, 0.29) is 25.2 Å². The van der Waals surface area contributed by atoms with Gasteiger partial charge in [-0.15, -0.1) is 0 Å². The van der Waals surface area contributed by atoms with Gasteiger partial charge in [-0.25, -0.2) is 4.98 Å². The molecule has 1 spiro atoms. The maximum atomic E-state index is 12.2. The normalized spacial score (nSPS) is 20.1. The second kappa shape index (κ2) is 7.03. The van der Waals surface area contributed by atoms with Crippen LogP contribution < -0.4 is 4.74 Å². The molecule has 1 aromatic rings. The number of nitrogens with zero attached hydrogens (tertiary/aromatic N) is 1. The number of aliphatic hydroxyl groups excluding tert-OH is 2. The van der Waals surface area contributed by atoms with Gasteiger partial charge in [0.15, 0.2) is 5.78 Å². The molecule has 130 valence electrons. The number of allylic oxidation sites excluding steroid dienone is 1. The molecule has 2 saturated carbocycles. The summed E-state index contributed by atoms with van der Waals surface area (Å²) >= 11 is 0. The van der Waals surface area contributed by atoms with E-state index in [0.717, 1.165) is 5.56 Å². The van der Waals surface area contributed by atoms with E-state index in [2.05, 4.69) is 11.1 Å². The Morgan fingerprint density at radius 1 is 1.50 bits per heavy atom. The first-order chi connectivity index (χ1) is 11.5. The summed E-state index contributed by atoms with van der Waals surface area (Å²) < 4.78 is 5.33. The first kappa shape index (κ1) is 17.1. The Kier molecular flexibility index (Phi) is 5.01. The van der Waals surface area contributed by atoms with Gasteiger partial charge in [-0.2, -0.15) is 0 Å². The first-order valence-corrected chi connectivity index (χ1v) is 8.59. The summed E-state index contributed by atoms with van der Waals surface area (Å²) in [5.74, 6) is 1.14. The number of rotatable bonds is 8. The van der Waals surface area contributed by atoms with Gasteiger partial charge in [0, 0.05) is 12.0 Å². The lowest BCUT2D eigenvalue weighted by molar-refractivity contribution is 0.0777. The number of hydrogen-bond acceptors (Lipinski definition) is 5. The Hall–Kier alpha value is -1.72. The number of ketones is 1. The van der Waals surface area contributed by atoms with Crippen LogP contribution in [0.2, 0.25) is 0 Å². The van der Waals surface area contributed by atoms with Crippen molar-refractivity contribution in [2.45, 2.75) is 44.6 Å². The van der Waals surface area contributed by atoms with Crippen molar-refractivity contribution in [1.29, 1.82) is 0 Å². The molecule has 0 bridgehead atoms. The molecule has 5 nitrogen and oxygen atoms in total. The maximum Gasteiger partial charge on any atom is 0.181 e. The predicted octanol–water partition coefficient (Wildman–Crippen LogP) is 2.61. The molecule has 0 aliphatic heterocycles. The molecule has 1 heterocycles. The molecule has 0 saturated heterocycles. The molecule has 2 aliphatic carbocycles. The third-order valence-electron chi connectivity index (χ3n) is 5.21. The molecular weight excluding hydrogens is 306 g/mol. The quantitative estimate of drug-likeness (QED) is 0.716. The summed E-state index contributed by atoms with van der Waals surface area (Å²) in [6, 6.07) is 1.74. The molecule has 5 heteroatoms. The molecule has 3 rings (SSSR count). The maximum absolute atomic E-state index is 12.2. The third kappa shape index (κ3) is 3.84. The Labute approximate surface area is 142 Å². The van der Waals surface area contributed by atoms with Crippen LogP contribution in [0.5, 0.6) is 5.75 Å². The standard InChI is InChI=1S/C19H25NO4/c1-24-18-11-20-16(17(23)5-4-15(22)12-21)8-14(18)3-2-13-9-19(10-13)6-7-19/h2-3,8,11,13,15,21-22H,4-7,9-10,12H2,1H3/b3-2+. The fourth-order valence-corrected chi connectivity index (χ4v) is 3.44. The van der Waals surface area contributed by atoms with Crippen molar-refractivity contribution >= 4 is 11.9 Å². The molecule has 0 aromatic carbocycles. The van der Waals surface area contributed by atoms with Crippen LogP contribution in [0.25, 0.3) is 6.08 Å². The fraction of sp³-hybridized carbons (Fsp3) is 0.579. The summed E-state index contributed by atoms with van der Waals surface area (Å²) in [6.45, 7) is -0.333.